The van der Waals surface area contributed by atoms with E-state index in [2.05, 4.69) is 36.9 Å². The fraction of sp³-hybridized carbons (Fsp3) is 0.562. The molecule has 104 valence electrons. The first-order valence-corrected chi connectivity index (χ1v) is 7.08. The van der Waals surface area contributed by atoms with Crippen molar-refractivity contribution in [1.82, 2.24) is 9.80 Å². The molecule has 0 atom stereocenters. The van der Waals surface area contributed by atoms with Gasteiger partial charge < -0.3 is 4.90 Å². The minimum absolute atomic E-state index is 0.268. The lowest BCUT2D eigenvalue weighted by atomic mass is 10.1. The Hall–Kier alpha value is -1.35. The quantitative estimate of drug-likeness (QED) is 0.829. The van der Waals surface area contributed by atoms with E-state index in [1.165, 1.54) is 16.7 Å². The van der Waals surface area contributed by atoms with Gasteiger partial charge in [-0.15, -0.1) is 0 Å². The van der Waals surface area contributed by atoms with Crippen LogP contribution in [0.15, 0.2) is 18.2 Å². The second-order valence-corrected chi connectivity index (χ2v) is 5.76. The fourth-order valence-electron chi connectivity index (χ4n) is 2.83. The van der Waals surface area contributed by atoms with Crippen molar-refractivity contribution in [2.45, 2.75) is 33.2 Å². The van der Waals surface area contributed by atoms with Crippen molar-refractivity contribution in [3.05, 3.63) is 34.9 Å². The van der Waals surface area contributed by atoms with Crippen LogP contribution in [0.4, 0.5) is 0 Å². The van der Waals surface area contributed by atoms with E-state index in [9.17, 15) is 4.79 Å². The van der Waals surface area contributed by atoms with Gasteiger partial charge in [0.1, 0.15) is 0 Å². The highest BCUT2D eigenvalue weighted by Crippen LogP contribution is 2.12. The van der Waals surface area contributed by atoms with E-state index >= 15 is 0 Å². The summed E-state index contributed by atoms with van der Waals surface area (Å²) in [4.78, 5) is 16.2. The van der Waals surface area contributed by atoms with Crippen LogP contribution in [0.2, 0.25) is 0 Å². The zero-order chi connectivity index (χ0) is 13.8. The van der Waals surface area contributed by atoms with Gasteiger partial charge in [0.05, 0.1) is 6.54 Å². The van der Waals surface area contributed by atoms with Crippen LogP contribution in [-0.2, 0) is 11.3 Å². The Morgan fingerprint density at radius 3 is 2.32 bits per heavy atom. The molecular weight excluding hydrogens is 236 g/mol. The molecule has 3 nitrogen and oxygen atoms in total. The van der Waals surface area contributed by atoms with Crippen LogP contribution >= 0.6 is 0 Å². The number of amides is 1. The molecule has 3 heteroatoms. The summed E-state index contributed by atoms with van der Waals surface area (Å²) in [6.45, 7) is 7.47. The largest absolute Gasteiger partial charge is 0.342 e. The van der Waals surface area contributed by atoms with E-state index in [0.717, 1.165) is 32.5 Å². The molecule has 1 aliphatic rings. The number of likely N-dealkylation sites (tertiary alicyclic amines) is 1. The van der Waals surface area contributed by atoms with E-state index < -0.39 is 0 Å². The SMILES string of the molecule is Cc1cc(C)cc(CN(C)CC(=O)N2CCCC2)c1. The Morgan fingerprint density at radius 2 is 1.74 bits per heavy atom. The second kappa shape index (κ2) is 6.20. The van der Waals surface area contributed by atoms with Crippen LogP contribution in [0.1, 0.15) is 29.5 Å². The number of hydrogen-bond acceptors (Lipinski definition) is 2. The van der Waals surface area contributed by atoms with Gasteiger partial charge in [-0.05, 0) is 39.3 Å². The van der Waals surface area contributed by atoms with Crippen LogP contribution in [0.5, 0.6) is 0 Å². The van der Waals surface area contributed by atoms with Crippen LogP contribution < -0.4 is 0 Å². The third-order valence-corrected chi connectivity index (χ3v) is 3.60. The topological polar surface area (TPSA) is 23.6 Å². The predicted octanol–water partition coefficient (Wildman–Crippen LogP) is 2.36. The summed E-state index contributed by atoms with van der Waals surface area (Å²) in [5.41, 5.74) is 3.86. The lowest BCUT2D eigenvalue weighted by molar-refractivity contribution is -0.131. The highest BCUT2D eigenvalue weighted by Gasteiger charge is 2.18. The summed E-state index contributed by atoms with van der Waals surface area (Å²) in [5, 5.41) is 0. The van der Waals surface area contributed by atoms with Gasteiger partial charge in [-0.25, -0.2) is 0 Å². The van der Waals surface area contributed by atoms with E-state index in [1.807, 2.05) is 11.9 Å². The van der Waals surface area contributed by atoms with Gasteiger partial charge in [-0.3, -0.25) is 9.69 Å². The van der Waals surface area contributed by atoms with E-state index in [0.29, 0.717) is 6.54 Å². The van der Waals surface area contributed by atoms with Crippen LogP contribution in [0, 0.1) is 13.8 Å². The lowest BCUT2D eigenvalue weighted by Crippen LogP contribution is -2.36. The van der Waals surface area contributed by atoms with Crippen molar-refractivity contribution in [3.63, 3.8) is 0 Å². The molecule has 1 aromatic carbocycles. The Morgan fingerprint density at radius 1 is 1.16 bits per heavy atom. The molecule has 0 saturated carbocycles. The number of carbonyl (C=O) groups excluding carboxylic acids is 1. The average Bonchev–Trinajstić information content (AvgIpc) is 2.80. The molecule has 0 bridgehead atoms. The standard InChI is InChI=1S/C16H24N2O/c1-13-8-14(2)10-15(9-13)11-17(3)12-16(19)18-6-4-5-7-18/h8-10H,4-7,11-12H2,1-3H3. The van der Waals surface area contributed by atoms with Crippen molar-refractivity contribution in [1.29, 1.82) is 0 Å². The molecule has 0 radical (unpaired) electrons. The van der Waals surface area contributed by atoms with Gasteiger partial charge in [0.25, 0.3) is 0 Å². The third kappa shape index (κ3) is 4.06. The molecule has 1 fully saturated rings. The molecule has 0 N–H and O–H groups in total. The van der Waals surface area contributed by atoms with E-state index in [4.69, 9.17) is 0 Å². The van der Waals surface area contributed by atoms with Gasteiger partial charge >= 0.3 is 0 Å². The summed E-state index contributed by atoms with van der Waals surface area (Å²) >= 11 is 0. The number of benzene rings is 1. The molecule has 1 aromatic rings. The Kier molecular flexibility index (Phi) is 4.59. The van der Waals surface area contributed by atoms with Crippen molar-refractivity contribution in [2.24, 2.45) is 0 Å². The van der Waals surface area contributed by atoms with Crippen LogP contribution in [-0.4, -0.2) is 42.4 Å². The molecule has 0 unspecified atom stereocenters. The van der Waals surface area contributed by atoms with Crippen molar-refractivity contribution >= 4 is 5.91 Å². The molecular formula is C16H24N2O. The van der Waals surface area contributed by atoms with Crippen LogP contribution in [0.25, 0.3) is 0 Å². The molecule has 1 aliphatic heterocycles. The summed E-state index contributed by atoms with van der Waals surface area (Å²) in [5.74, 6) is 0.268. The molecule has 1 amide bonds. The predicted molar refractivity (Wildman–Crippen MR) is 78.1 cm³/mol. The second-order valence-electron chi connectivity index (χ2n) is 5.76. The smallest absolute Gasteiger partial charge is 0.236 e. The minimum Gasteiger partial charge on any atom is -0.342 e. The fourth-order valence-corrected chi connectivity index (χ4v) is 2.83. The number of likely N-dealkylation sites (N-methyl/N-ethyl adjacent to an activating group) is 1. The molecule has 0 spiro atoms. The first-order valence-electron chi connectivity index (χ1n) is 7.08. The Labute approximate surface area is 116 Å². The summed E-state index contributed by atoms with van der Waals surface area (Å²) in [6.07, 6.45) is 2.32. The van der Waals surface area contributed by atoms with E-state index in [1.54, 1.807) is 0 Å². The highest BCUT2D eigenvalue weighted by atomic mass is 16.2. The number of nitrogens with zero attached hydrogens (tertiary/aromatic N) is 2. The van der Waals surface area contributed by atoms with Gasteiger partial charge in [-0.1, -0.05) is 29.3 Å². The van der Waals surface area contributed by atoms with E-state index in [-0.39, 0.29) is 5.91 Å². The Balaban J connectivity index is 1.89. The van der Waals surface area contributed by atoms with Crippen molar-refractivity contribution < 1.29 is 4.79 Å². The molecule has 0 aliphatic carbocycles. The maximum absolute atomic E-state index is 12.1. The lowest BCUT2D eigenvalue weighted by Gasteiger charge is -2.21. The van der Waals surface area contributed by atoms with Crippen molar-refractivity contribution in [2.75, 3.05) is 26.7 Å². The monoisotopic (exact) mass is 260 g/mol. The normalized spacial score (nSPS) is 15.3. The van der Waals surface area contributed by atoms with Crippen LogP contribution in [0.3, 0.4) is 0 Å². The van der Waals surface area contributed by atoms with Gasteiger partial charge in [0.15, 0.2) is 0 Å². The third-order valence-electron chi connectivity index (χ3n) is 3.60. The molecule has 0 aromatic heterocycles. The molecule has 19 heavy (non-hydrogen) atoms. The summed E-state index contributed by atoms with van der Waals surface area (Å²) in [7, 11) is 2.02. The first kappa shape index (κ1) is 14.1. The van der Waals surface area contributed by atoms with Gasteiger partial charge in [0.2, 0.25) is 5.91 Å². The summed E-state index contributed by atoms with van der Waals surface area (Å²) in [6, 6.07) is 6.58. The number of hydrogen-bond donors (Lipinski definition) is 0. The Bertz CT molecular complexity index is 430. The molecule has 1 saturated heterocycles. The first-order chi connectivity index (χ1) is 9.04. The summed E-state index contributed by atoms with van der Waals surface area (Å²) < 4.78 is 0. The van der Waals surface area contributed by atoms with Gasteiger partial charge in [0, 0.05) is 19.6 Å². The average molecular weight is 260 g/mol. The van der Waals surface area contributed by atoms with Crippen molar-refractivity contribution in [3.8, 4) is 0 Å². The highest BCUT2D eigenvalue weighted by molar-refractivity contribution is 5.78. The zero-order valence-corrected chi connectivity index (χ0v) is 12.3. The zero-order valence-electron chi connectivity index (χ0n) is 12.3. The number of rotatable bonds is 4. The van der Waals surface area contributed by atoms with Gasteiger partial charge in [-0.2, -0.15) is 0 Å². The number of carbonyl (C=O) groups is 1. The maximum Gasteiger partial charge on any atom is 0.236 e. The molecule has 2 rings (SSSR count). The molecule has 1 heterocycles. The maximum atomic E-state index is 12.1. The number of aryl methyl sites for hydroxylation is 2. The minimum atomic E-state index is 0.268.